The Labute approximate surface area is 92.0 Å². The summed E-state index contributed by atoms with van der Waals surface area (Å²) < 4.78 is 0. The van der Waals surface area contributed by atoms with E-state index in [9.17, 15) is 0 Å². The van der Waals surface area contributed by atoms with Crippen molar-refractivity contribution in [1.82, 2.24) is 0 Å². The summed E-state index contributed by atoms with van der Waals surface area (Å²) in [7, 11) is 0. The van der Waals surface area contributed by atoms with Crippen LogP contribution in [0.1, 0.15) is 17.4 Å². The van der Waals surface area contributed by atoms with Crippen LogP contribution in [0, 0.1) is 0 Å². The van der Waals surface area contributed by atoms with Gasteiger partial charge in [0, 0.05) is 6.54 Å². The molecule has 1 aromatic carbocycles. The molecule has 0 saturated carbocycles. The molecule has 0 saturated heterocycles. The van der Waals surface area contributed by atoms with Crippen molar-refractivity contribution in [3.63, 3.8) is 0 Å². The largest absolute Gasteiger partial charge is 0.383 e. The molecule has 0 radical (unpaired) electrons. The molecule has 0 aromatic heterocycles. The quantitative estimate of drug-likeness (QED) is 0.669. The second-order valence-corrected chi connectivity index (χ2v) is 4.32. The second-order valence-electron chi connectivity index (χ2n) is 3.01. The molecule has 1 heterocycles. The van der Waals surface area contributed by atoms with Crippen LogP contribution in [0.15, 0.2) is 12.1 Å². The van der Waals surface area contributed by atoms with Crippen LogP contribution in [-0.4, -0.2) is 6.54 Å². The zero-order valence-electron chi connectivity index (χ0n) is 6.78. The van der Waals surface area contributed by atoms with E-state index in [1.807, 2.05) is 6.07 Å². The van der Waals surface area contributed by atoms with Gasteiger partial charge in [0.05, 0.1) is 21.1 Å². The summed E-state index contributed by atoms with van der Waals surface area (Å²) in [6.07, 6.45) is 0.923. The lowest BCUT2D eigenvalue weighted by molar-refractivity contribution is 0.802. The third kappa shape index (κ3) is 1.61. The van der Waals surface area contributed by atoms with Crippen molar-refractivity contribution in [2.45, 2.75) is 11.8 Å². The van der Waals surface area contributed by atoms with E-state index in [1.54, 1.807) is 6.07 Å². The molecule has 1 nitrogen and oxygen atoms in total. The maximum atomic E-state index is 6.13. The molecule has 70 valence electrons. The number of anilines is 1. The first-order valence-corrected chi connectivity index (χ1v) is 5.25. The van der Waals surface area contributed by atoms with Crippen molar-refractivity contribution in [1.29, 1.82) is 0 Å². The van der Waals surface area contributed by atoms with Crippen LogP contribution < -0.4 is 5.32 Å². The summed E-state index contributed by atoms with van der Waals surface area (Å²) in [5, 5.41) is 4.39. The highest BCUT2D eigenvalue weighted by atomic mass is 35.5. The van der Waals surface area contributed by atoms with Gasteiger partial charge in [0.15, 0.2) is 0 Å². The summed E-state index contributed by atoms with van der Waals surface area (Å²) in [6.45, 7) is 0.848. The summed E-state index contributed by atoms with van der Waals surface area (Å²) in [6, 6.07) is 3.71. The number of halogens is 3. The monoisotopic (exact) mass is 235 g/mol. The predicted octanol–water partition coefficient (Wildman–Crippen LogP) is 4.09. The Kier molecular flexibility index (Phi) is 2.59. The topological polar surface area (TPSA) is 12.0 Å². The number of hydrogen-bond donors (Lipinski definition) is 1. The van der Waals surface area contributed by atoms with Gasteiger partial charge in [-0.25, -0.2) is 0 Å². The van der Waals surface area contributed by atoms with Gasteiger partial charge >= 0.3 is 0 Å². The SMILES string of the molecule is Clc1ccc2c(c1Cl)NCCC2Cl. The molecule has 4 heteroatoms. The first kappa shape index (κ1) is 9.45. The molecule has 1 N–H and O–H groups in total. The molecule has 0 fully saturated rings. The summed E-state index contributed by atoms with van der Waals surface area (Å²) in [5.74, 6) is 0. The van der Waals surface area contributed by atoms with Crippen LogP contribution in [0.2, 0.25) is 10.0 Å². The Bertz CT molecular complexity index is 338. The van der Waals surface area contributed by atoms with Gasteiger partial charge in [-0.3, -0.25) is 0 Å². The number of hydrogen-bond acceptors (Lipinski definition) is 1. The first-order chi connectivity index (χ1) is 6.20. The van der Waals surface area contributed by atoms with E-state index in [0.717, 1.165) is 24.2 Å². The highest BCUT2D eigenvalue weighted by molar-refractivity contribution is 6.44. The molecule has 2 rings (SSSR count). The highest BCUT2D eigenvalue weighted by Crippen LogP contribution is 2.41. The summed E-state index contributed by atoms with van der Waals surface area (Å²) in [4.78, 5) is 0. The van der Waals surface area contributed by atoms with Gasteiger partial charge in [-0.1, -0.05) is 29.3 Å². The van der Waals surface area contributed by atoms with Crippen LogP contribution in [0.4, 0.5) is 5.69 Å². The van der Waals surface area contributed by atoms with Crippen molar-refractivity contribution >= 4 is 40.5 Å². The first-order valence-electron chi connectivity index (χ1n) is 4.06. The Balaban J connectivity index is 2.56. The maximum absolute atomic E-state index is 6.13. The summed E-state index contributed by atoms with van der Waals surface area (Å²) in [5.41, 5.74) is 1.93. The third-order valence-electron chi connectivity index (χ3n) is 2.16. The fraction of sp³-hybridized carbons (Fsp3) is 0.333. The molecule has 0 spiro atoms. The molecule has 1 aliphatic heterocycles. The van der Waals surface area contributed by atoms with Crippen LogP contribution in [0.25, 0.3) is 0 Å². The molecular weight excluding hydrogens is 228 g/mol. The van der Waals surface area contributed by atoms with Crippen molar-refractivity contribution in [2.75, 3.05) is 11.9 Å². The smallest absolute Gasteiger partial charge is 0.0826 e. The minimum Gasteiger partial charge on any atom is -0.383 e. The minimum absolute atomic E-state index is 0.0472. The number of rotatable bonds is 0. The Hall–Kier alpha value is -0.110. The molecule has 1 unspecified atom stereocenters. The molecule has 1 aromatic rings. The van der Waals surface area contributed by atoms with E-state index in [-0.39, 0.29) is 5.38 Å². The zero-order chi connectivity index (χ0) is 9.42. The van der Waals surface area contributed by atoms with Gasteiger partial charge < -0.3 is 5.32 Å². The van der Waals surface area contributed by atoms with Crippen molar-refractivity contribution in [3.8, 4) is 0 Å². The van der Waals surface area contributed by atoms with Crippen molar-refractivity contribution in [3.05, 3.63) is 27.7 Å². The average Bonchev–Trinajstić information content (AvgIpc) is 2.12. The molecule has 1 aliphatic rings. The fourth-order valence-corrected chi connectivity index (χ4v) is 2.17. The van der Waals surface area contributed by atoms with Gasteiger partial charge in [-0.15, -0.1) is 11.6 Å². The van der Waals surface area contributed by atoms with Gasteiger partial charge in [-0.05, 0) is 18.1 Å². The standard InChI is InChI=1S/C9H8Cl3N/c10-6-3-4-13-9-5(6)1-2-7(11)8(9)12/h1-2,6,13H,3-4H2. The molecule has 1 atom stereocenters. The predicted molar refractivity (Wildman–Crippen MR) is 58.2 cm³/mol. The van der Waals surface area contributed by atoms with E-state index < -0.39 is 0 Å². The number of fused-ring (bicyclic) bond motifs is 1. The number of nitrogens with one attached hydrogen (secondary N) is 1. The van der Waals surface area contributed by atoms with E-state index in [2.05, 4.69) is 5.32 Å². The minimum atomic E-state index is 0.0472. The van der Waals surface area contributed by atoms with Gasteiger partial charge in [0.25, 0.3) is 0 Å². The van der Waals surface area contributed by atoms with Crippen LogP contribution in [0.3, 0.4) is 0 Å². The Morgan fingerprint density at radius 3 is 2.85 bits per heavy atom. The second kappa shape index (κ2) is 3.56. The van der Waals surface area contributed by atoms with E-state index in [0.29, 0.717) is 10.0 Å². The van der Waals surface area contributed by atoms with Gasteiger partial charge in [0.2, 0.25) is 0 Å². The highest BCUT2D eigenvalue weighted by Gasteiger charge is 2.20. The lowest BCUT2D eigenvalue weighted by atomic mass is 10.0. The Morgan fingerprint density at radius 1 is 1.31 bits per heavy atom. The molecular formula is C9H8Cl3N. The van der Waals surface area contributed by atoms with Crippen LogP contribution in [-0.2, 0) is 0 Å². The van der Waals surface area contributed by atoms with Crippen LogP contribution >= 0.6 is 34.8 Å². The summed E-state index contributed by atoms with van der Waals surface area (Å²) >= 11 is 18.0. The lowest BCUT2D eigenvalue weighted by Crippen LogP contribution is -2.14. The molecule has 0 aliphatic carbocycles. The van der Waals surface area contributed by atoms with Crippen molar-refractivity contribution < 1.29 is 0 Å². The molecule has 0 bridgehead atoms. The van der Waals surface area contributed by atoms with E-state index in [4.69, 9.17) is 34.8 Å². The van der Waals surface area contributed by atoms with E-state index in [1.165, 1.54) is 0 Å². The Morgan fingerprint density at radius 2 is 2.08 bits per heavy atom. The maximum Gasteiger partial charge on any atom is 0.0826 e. The molecule has 0 amide bonds. The average molecular weight is 237 g/mol. The third-order valence-corrected chi connectivity index (χ3v) is 3.42. The van der Waals surface area contributed by atoms with Gasteiger partial charge in [-0.2, -0.15) is 0 Å². The fourth-order valence-electron chi connectivity index (χ4n) is 1.49. The zero-order valence-corrected chi connectivity index (χ0v) is 9.05. The normalized spacial score (nSPS) is 20.7. The van der Waals surface area contributed by atoms with Crippen molar-refractivity contribution in [2.24, 2.45) is 0 Å². The van der Waals surface area contributed by atoms with E-state index >= 15 is 0 Å². The van der Waals surface area contributed by atoms with Crippen LogP contribution in [0.5, 0.6) is 0 Å². The number of benzene rings is 1. The number of alkyl halides is 1. The van der Waals surface area contributed by atoms with Gasteiger partial charge in [0.1, 0.15) is 0 Å². The lowest BCUT2D eigenvalue weighted by Gasteiger charge is -2.23. The molecule has 13 heavy (non-hydrogen) atoms.